The van der Waals surface area contributed by atoms with Crippen molar-refractivity contribution in [2.45, 2.75) is 32.5 Å². The highest BCUT2D eigenvalue weighted by Gasteiger charge is 2.29. The van der Waals surface area contributed by atoms with Crippen LogP contribution in [0.15, 0.2) is 24.3 Å². The van der Waals surface area contributed by atoms with Gasteiger partial charge in [0.15, 0.2) is 24.7 Å². The Labute approximate surface area is 145 Å². The first-order valence-electron chi connectivity index (χ1n) is 8.01. The summed E-state index contributed by atoms with van der Waals surface area (Å²) in [6.45, 7) is 2.78. The van der Waals surface area contributed by atoms with Crippen LogP contribution in [-0.4, -0.2) is 49.8 Å². The van der Waals surface area contributed by atoms with Crippen LogP contribution >= 0.6 is 0 Å². The zero-order valence-electron chi connectivity index (χ0n) is 14.7. The smallest absolute Gasteiger partial charge is 0.422 e. The Bertz CT molecular complexity index is 550. The molecule has 0 aromatic heterocycles. The SMILES string of the molecule is CC(C)C(N)CCN(C)C(=O)COc1ccccc1OCC(F)(F)F. The number of carbonyl (C=O) groups excluding carboxylic acids is 1. The third-order valence-electron chi connectivity index (χ3n) is 3.67. The Morgan fingerprint density at radius 1 is 1.20 bits per heavy atom. The Kier molecular flexibility index (Phi) is 8.02. The van der Waals surface area contributed by atoms with Gasteiger partial charge in [0.05, 0.1) is 0 Å². The molecule has 0 saturated heterocycles. The van der Waals surface area contributed by atoms with Crippen molar-refractivity contribution < 1.29 is 27.4 Å². The number of hydrogen-bond donors (Lipinski definition) is 1. The van der Waals surface area contributed by atoms with Gasteiger partial charge in [0, 0.05) is 19.6 Å². The number of para-hydroxylation sites is 2. The number of amides is 1. The fourth-order valence-corrected chi connectivity index (χ4v) is 1.90. The van der Waals surface area contributed by atoms with Gasteiger partial charge in [0.2, 0.25) is 0 Å². The van der Waals surface area contributed by atoms with Gasteiger partial charge in [-0.15, -0.1) is 0 Å². The van der Waals surface area contributed by atoms with E-state index in [1.165, 1.54) is 23.1 Å². The summed E-state index contributed by atoms with van der Waals surface area (Å²) < 4.78 is 46.8. The summed E-state index contributed by atoms with van der Waals surface area (Å²) in [5, 5.41) is 0. The lowest BCUT2D eigenvalue weighted by Crippen LogP contribution is -2.36. The fourth-order valence-electron chi connectivity index (χ4n) is 1.90. The Hall–Kier alpha value is -1.96. The summed E-state index contributed by atoms with van der Waals surface area (Å²) in [7, 11) is 1.63. The summed E-state index contributed by atoms with van der Waals surface area (Å²) in [5.41, 5.74) is 5.94. The molecule has 142 valence electrons. The molecular formula is C17H25F3N2O3. The highest BCUT2D eigenvalue weighted by atomic mass is 19.4. The summed E-state index contributed by atoms with van der Waals surface area (Å²) in [6, 6.07) is 5.92. The second-order valence-electron chi connectivity index (χ2n) is 6.15. The number of nitrogens with two attached hydrogens (primary N) is 1. The van der Waals surface area contributed by atoms with Gasteiger partial charge in [0.1, 0.15) is 0 Å². The van der Waals surface area contributed by atoms with E-state index < -0.39 is 12.8 Å². The van der Waals surface area contributed by atoms with Crippen LogP contribution in [0.25, 0.3) is 0 Å². The molecule has 0 bridgehead atoms. The van der Waals surface area contributed by atoms with E-state index in [9.17, 15) is 18.0 Å². The van der Waals surface area contributed by atoms with Crippen LogP contribution in [-0.2, 0) is 4.79 Å². The minimum atomic E-state index is -4.45. The molecule has 0 radical (unpaired) electrons. The van der Waals surface area contributed by atoms with Gasteiger partial charge in [-0.05, 0) is 24.5 Å². The van der Waals surface area contributed by atoms with Crippen molar-refractivity contribution >= 4 is 5.91 Å². The normalized spacial score (nSPS) is 12.8. The first kappa shape index (κ1) is 21.1. The fraction of sp³-hybridized carbons (Fsp3) is 0.588. The molecule has 1 rings (SSSR count). The van der Waals surface area contributed by atoms with Crippen molar-refractivity contribution in [3.8, 4) is 11.5 Å². The zero-order valence-corrected chi connectivity index (χ0v) is 14.7. The van der Waals surface area contributed by atoms with E-state index in [4.69, 9.17) is 15.2 Å². The van der Waals surface area contributed by atoms with E-state index in [0.29, 0.717) is 18.9 Å². The predicted octanol–water partition coefficient (Wildman–Crippen LogP) is 2.84. The van der Waals surface area contributed by atoms with Crippen LogP contribution < -0.4 is 15.2 Å². The predicted molar refractivity (Wildman–Crippen MR) is 88.6 cm³/mol. The average molecular weight is 362 g/mol. The van der Waals surface area contributed by atoms with E-state index >= 15 is 0 Å². The molecule has 1 atom stereocenters. The van der Waals surface area contributed by atoms with Crippen LogP contribution in [0.3, 0.4) is 0 Å². The van der Waals surface area contributed by atoms with Gasteiger partial charge < -0.3 is 20.1 Å². The summed E-state index contributed by atoms with van der Waals surface area (Å²) in [4.78, 5) is 13.6. The average Bonchev–Trinajstić information content (AvgIpc) is 2.55. The van der Waals surface area contributed by atoms with Crippen molar-refractivity contribution in [3.63, 3.8) is 0 Å². The number of rotatable bonds is 9. The molecule has 0 aliphatic carbocycles. The van der Waals surface area contributed by atoms with Gasteiger partial charge in [-0.2, -0.15) is 13.2 Å². The highest BCUT2D eigenvalue weighted by molar-refractivity contribution is 5.77. The quantitative estimate of drug-likeness (QED) is 0.734. The van der Waals surface area contributed by atoms with Crippen LogP contribution in [0.1, 0.15) is 20.3 Å². The lowest BCUT2D eigenvalue weighted by molar-refractivity contribution is -0.153. The molecule has 1 unspecified atom stereocenters. The molecule has 0 heterocycles. The molecule has 5 nitrogen and oxygen atoms in total. The van der Waals surface area contributed by atoms with Crippen molar-refractivity contribution in [2.24, 2.45) is 11.7 Å². The first-order chi connectivity index (χ1) is 11.6. The molecule has 0 spiro atoms. The molecule has 1 aromatic rings. The van der Waals surface area contributed by atoms with E-state index in [1.54, 1.807) is 13.1 Å². The first-order valence-corrected chi connectivity index (χ1v) is 8.01. The Morgan fingerprint density at radius 2 is 1.76 bits per heavy atom. The summed E-state index contributed by atoms with van der Waals surface area (Å²) in [5.74, 6) is 0.0588. The number of ether oxygens (including phenoxy) is 2. The maximum absolute atomic E-state index is 12.3. The monoisotopic (exact) mass is 362 g/mol. The van der Waals surface area contributed by atoms with Crippen LogP contribution in [0.5, 0.6) is 11.5 Å². The van der Waals surface area contributed by atoms with E-state index in [-0.39, 0.29) is 30.1 Å². The second kappa shape index (κ2) is 9.50. The number of nitrogens with zero attached hydrogens (tertiary/aromatic N) is 1. The number of likely N-dealkylation sites (N-methyl/N-ethyl adjacent to an activating group) is 1. The van der Waals surface area contributed by atoms with Gasteiger partial charge in [-0.3, -0.25) is 4.79 Å². The third-order valence-corrected chi connectivity index (χ3v) is 3.67. The van der Waals surface area contributed by atoms with E-state index in [1.807, 2.05) is 13.8 Å². The largest absolute Gasteiger partial charge is 0.480 e. The molecule has 1 aromatic carbocycles. The summed E-state index contributed by atoms with van der Waals surface area (Å²) in [6.07, 6.45) is -3.79. The minimum absolute atomic E-state index is 0.00679. The lowest BCUT2D eigenvalue weighted by atomic mass is 10.0. The molecule has 8 heteroatoms. The standard InChI is InChI=1S/C17H25F3N2O3/c1-12(2)13(21)8-9-22(3)16(23)10-24-14-6-4-5-7-15(14)25-11-17(18,19)20/h4-7,12-13H,8-11,21H2,1-3H3. The molecule has 0 fully saturated rings. The van der Waals surface area contributed by atoms with Gasteiger partial charge in [-0.25, -0.2) is 0 Å². The third kappa shape index (κ3) is 8.11. The number of alkyl halides is 3. The van der Waals surface area contributed by atoms with Crippen molar-refractivity contribution in [1.82, 2.24) is 4.90 Å². The number of benzene rings is 1. The van der Waals surface area contributed by atoms with Crippen LogP contribution in [0, 0.1) is 5.92 Å². The number of carbonyl (C=O) groups is 1. The maximum Gasteiger partial charge on any atom is 0.422 e. The van der Waals surface area contributed by atoms with Gasteiger partial charge in [-0.1, -0.05) is 26.0 Å². The second-order valence-corrected chi connectivity index (χ2v) is 6.15. The molecule has 2 N–H and O–H groups in total. The molecule has 0 aliphatic rings. The topological polar surface area (TPSA) is 64.8 Å². The Balaban J connectivity index is 2.52. The molecular weight excluding hydrogens is 337 g/mol. The van der Waals surface area contributed by atoms with Crippen molar-refractivity contribution in [3.05, 3.63) is 24.3 Å². The zero-order chi connectivity index (χ0) is 19.0. The molecule has 25 heavy (non-hydrogen) atoms. The van der Waals surface area contributed by atoms with E-state index in [2.05, 4.69) is 0 Å². The van der Waals surface area contributed by atoms with Gasteiger partial charge in [0.25, 0.3) is 5.91 Å². The lowest BCUT2D eigenvalue weighted by Gasteiger charge is -2.22. The maximum atomic E-state index is 12.3. The Morgan fingerprint density at radius 3 is 2.28 bits per heavy atom. The number of hydrogen-bond acceptors (Lipinski definition) is 4. The summed E-state index contributed by atoms with van der Waals surface area (Å²) >= 11 is 0. The number of halogens is 3. The van der Waals surface area contributed by atoms with Crippen LogP contribution in [0.2, 0.25) is 0 Å². The van der Waals surface area contributed by atoms with Crippen LogP contribution in [0.4, 0.5) is 13.2 Å². The molecule has 1 amide bonds. The molecule has 0 aliphatic heterocycles. The van der Waals surface area contributed by atoms with E-state index in [0.717, 1.165) is 0 Å². The highest BCUT2D eigenvalue weighted by Crippen LogP contribution is 2.28. The van der Waals surface area contributed by atoms with Gasteiger partial charge >= 0.3 is 6.18 Å². The molecule has 0 saturated carbocycles. The van der Waals surface area contributed by atoms with Crippen molar-refractivity contribution in [2.75, 3.05) is 26.8 Å². The minimum Gasteiger partial charge on any atom is -0.480 e. The van der Waals surface area contributed by atoms with Crippen molar-refractivity contribution in [1.29, 1.82) is 0 Å².